The van der Waals surface area contributed by atoms with Gasteiger partial charge in [-0.2, -0.15) is 0 Å². The largest absolute Gasteiger partial charge is 0.461 e. The molecule has 9 nitrogen and oxygen atoms in total. The third kappa shape index (κ3) is 3.57. The first-order valence-electron chi connectivity index (χ1n) is 9.23. The molecule has 1 atom stereocenters. The molecule has 1 aliphatic rings. The number of hydrogen-bond acceptors (Lipinski definition) is 7. The van der Waals surface area contributed by atoms with Gasteiger partial charge in [-0.15, -0.1) is 0 Å². The van der Waals surface area contributed by atoms with Crippen molar-refractivity contribution in [1.82, 2.24) is 15.4 Å². The number of carbonyl (C=O) groups excluding carboxylic acids is 3. The molecule has 3 aromatic rings. The molecule has 0 aliphatic carbocycles. The number of ether oxygens (including phenoxy) is 1. The Balaban J connectivity index is 1.38. The molecule has 2 aromatic heterocycles. The van der Waals surface area contributed by atoms with Crippen molar-refractivity contribution in [3.8, 4) is 11.5 Å². The zero-order valence-electron chi connectivity index (χ0n) is 16.4. The average molecular weight is 409 g/mol. The number of carbonyl (C=O) groups is 3. The molecule has 1 N–H and O–H groups in total. The van der Waals surface area contributed by atoms with Crippen LogP contribution in [0.2, 0.25) is 0 Å². The maximum atomic E-state index is 12.9. The van der Waals surface area contributed by atoms with Gasteiger partial charge in [-0.1, -0.05) is 35.0 Å². The molecule has 4 rings (SSSR count). The molecule has 0 radical (unpaired) electrons. The van der Waals surface area contributed by atoms with Crippen molar-refractivity contribution in [2.24, 2.45) is 0 Å². The number of aryl methyl sites for hydroxylation is 1. The quantitative estimate of drug-likeness (QED) is 0.492. The predicted molar refractivity (Wildman–Crippen MR) is 103 cm³/mol. The van der Waals surface area contributed by atoms with E-state index in [1.54, 1.807) is 37.3 Å². The lowest BCUT2D eigenvalue weighted by Crippen LogP contribution is -2.41. The van der Waals surface area contributed by atoms with Gasteiger partial charge in [0.25, 0.3) is 5.91 Å². The zero-order chi connectivity index (χ0) is 21.3. The summed E-state index contributed by atoms with van der Waals surface area (Å²) in [7, 11) is 0. The Morgan fingerprint density at radius 3 is 2.67 bits per heavy atom. The second-order valence-electron chi connectivity index (χ2n) is 7.13. The summed E-state index contributed by atoms with van der Waals surface area (Å²) >= 11 is 0. The molecule has 3 amide bonds. The Morgan fingerprint density at radius 1 is 1.20 bits per heavy atom. The van der Waals surface area contributed by atoms with Gasteiger partial charge in [-0.3, -0.25) is 14.5 Å². The number of benzene rings is 1. The Labute approximate surface area is 171 Å². The summed E-state index contributed by atoms with van der Waals surface area (Å²) in [6.07, 6.45) is 1.50. The van der Waals surface area contributed by atoms with Crippen LogP contribution in [0.1, 0.15) is 23.7 Å². The molecule has 0 saturated carbocycles. The van der Waals surface area contributed by atoms with Crippen LogP contribution >= 0.6 is 0 Å². The smallest absolute Gasteiger partial charge is 0.326 e. The van der Waals surface area contributed by atoms with Crippen LogP contribution in [0.3, 0.4) is 0 Å². The number of amides is 3. The topological polar surface area (TPSA) is 115 Å². The zero-order valence-corrected chi connectivity index (χ0v) is 16.4. The first-order chi connectivity index (χ1) is 14.4. The average Bonchev–Trinajstić information content (AvgIpc) is 3.45. The number of furan rings is 1. The van der Waals surface area contributed by atoms with E-state index in [0.29, 0.717) is 22.8 Å². The van der Waals surface area contributed by atoms with Crippen LogP contribution in [-0.2, 0) is 26.5 Å². The predicted octanol–water partition coefficient (Wildman–Crippen LogP) is 2.75. The van der Waals surface area contributed by atoms with Gasteiger partial charge >= 0.3 is 12.0 Å². The summed E-state index contributed by atoms with van der Waals surface area (Å²) in [5.74, 6) is -0.368. The fourth-order valence-electron chi connectivity index (χ4n) is 3.17. The van der Waals surface area contributed by atoms with E-state index in [4.69, 9.17) is 13.7 Å². The van der Waals surface area contributed by atoms with Crippen LogP contribution in [0.5, 0.6) is 0 Å². The molecule has 0 bridgehead atoms. The number of aromatic nitrogens is 1. The van der Waals surface area contributed by atoms with Crippen molar-refractivity contribution >= 4 is 17.9 Å². The van der Waals surface area contributed by atoms with Crippen molar-refractivity contribution in [2.45, 2.75) is 26.0 Å². The SMILES string of the molecule is Cc1ccc([C@]2(C)NC(=O)N(CC(=O)OCc3cc(-c4ccco4)on3)C2=O)cc1. The van der Waals surface area contributed by atoms with E-state index in [9.17, 15) is 14.4 Å². The van der Waals surface area contributed by atoms with Crippen molar-refractivity contribution < 1.29 is 28.1 Å². The first kappa shape index (κ1) is 19.4. The van der Waals surface area contributed by atoms with Gasteiger partial charge in [0.1, 0.15) is 24.4 Å². The third-order valence-electron chi connectivity index (χ3n) is 4.90. The van der Waals surface area contributed by atoms with Crippen molar-refractivity contribution in [3.63, 3.8) is 0 Å². The van der Waals surface area contributed by atoms with Gasteiger partial charge in [-0.05, 0) is 31.5 Å². The Hall–Kier alpha value is -3.88. The number of imide groups is 1. The van der Waals surface area contributed by atoms with E-state index in [1.165, 1.54) is 6.26 Å². The van der Waals surface area contributed by atoms with E-state index >= 15 is 0 Å². The summed E-state index contributed by atoms with van der Waals surface area (Å²) in [6.45, 7) is 2.86. The number of rotatable bonds is 6. The summed E-state index contributed by atoms with van der Waals surface area (Å²) in [6, 6.07) is 11.6. The molecule has 3 heterocycles. The van der Waals surface area contributed by atoms with Crippen LogP contribution in [0.4, 0.5) is 4.79 Å². The molecule has 30 heavy (non-hydrogen) atoms. The number of urea groups is 1. The fraction of sp³-hybridized carbons (Fsp3) is 0.238. The normalized spacial score (nSPS) is 18.5. The highest BCUT2D eigenvalue weighted by atomic mass is 16.5. The van der Waals surface area contributed by atoms with Gasteiger partial charge < -0.3 is 19.0 Å². The Kier molecular flexibility index (Phi) is 4.86. The maximum absolute atomic E-state index is 12.9. The van der Waals surface area contributed by atoms with Crippen molar-refractivity contribution in [3.05, 3.63) is 65.5 Å². The third-order valence-corrected chi connectivity index (χ3v) is 4.90. The van der Waals surface area contributed by atoms with E-state index in [1.807, 2.05) is 19.1 Å². The molecular weight excluding hydrogens is 390 g/mol. The molecule has 0 spiro atoms. The molecule has 1 saturated heterocycles. The second-order valence-corrected chi connectivity index (χ2v) is 7.13. The van der Waals surface area contributed by atoms with Gasteiger partial charge in [0.15, 0.2) is 5.76 Å². The number of nitrogens with zero attached hydrogens (tertiary/aromatic N) is 2. The summed E-state index contributed by atoms with van der Waals surface area (Å²) in [5.41, 5.74) is 0.796. The Morgan fingerprint density at radius 2 is 1.97 bits per heavy atom. The maximum Gasteiger partial charge on any atom is 0.326 e. The Bertz CT molecular complexity index is 1090. The highest BCUT2D eigenvalue weighted by Crippen LogP contribution is 2.29. The second kappa shape index (κ2) is 7.51. The first-order valence-corrected chi connectivity index (χ1v) is 9.23. The molecule has 9 heteroatoms. The van der Waals surface area contributed by atoms with Crippen LogP contribution < -0.4 is 5.32 Å². The van der Waals surface area contributed by atoms with Gasteiger partial charge in [0.05, 0.1) is 6.26 Å². The van der Waals surface area contributed by atoms with Crippen molar-refractivity contribution in [2.75, 3.05) is 6.54 Å². The molecular formula is C21H19N3O6. The number of esters is 1. The fourth-order valence-corrected chi connectivity index (χ4v) is 3.17. The van der Waals surface area contributed by atoms with Gasteiger partial charge in [0, 0.05) is 6.07 Å². The summed E-state index contributed by atoms with van der Waals surface area (Å²) < 4.78 is 15.5. The van der Waals surface area contributed by atoms with E-state index in [2.05, 4.69) is 10.5 Å². The number of nitrogens with one attached hydrogen (secondary N) is 1. The van der Waals surface area contributed by atoms with Crippen molar-refractivity contribution in [1.29, 1.82) is 0 Å². The number of hydrogen-bond donors (Lipinski definition) is 1. The van der Waals surface area contributed by atoms with Crippen LogP contribution in [0.15, 0.2) is 57.7 Å². The van der Waals surface area contributed by atoms with Crippen LogP contribution in [0, 0.1) is 6.92 Å². The lowest BCUT2D eigenvalue weighted by atomic mass is 9.91. The molecule has 1 aliphatic heterocycles. The molecule has 0 unspecified atom stereocenters. The van der Waals surface area contributed by atoms with Crippen LogP contribution in [-0.4, -0.2) is 34.5 Å². The molecule has 154 valence electrons. The summed E-state index contributed by atoms with van der Waals surface area (Å²) in [4.78, 5) is 38.3. The van der Waals surface area contributed by atoms with E-state index in [-0.39, 0.29) is 6.61 Å². The minimum absolute atomic E-state index is 0.165. The van der Waals surface area contributed by atoms with E-state index < -0.39 is 30.0 Å². The lowest BCUT2D eigenvalue weighted by Gasteiger charge is -2.22. The minimum atomic E-state index is -1.24. The molecule has 1 fully saturated rings. The van der Waals surface area contributed by atoms with Crippen LogP contribution in [0.25, 0.3) is 11.5 Å². The standard InChI is InChI=1S/C21H19N3O6/c1-13-5-7-14(8-6-13)21(2)19(26)24(20(27)22-21)11-18(25)29-12-15-10-17(30-23-15)16-4-3-9-28-16/h3-10H,11-12H2,1-2H3,(H,22,27)/t21-/m0/s1. The monoisotopic (exact) mass is 409 g/mol. The van der Waals surface area contributed by atoms with Gasteiger partial charge in [0.2, 0.25) is 5.76 Å². The minimum Gasteiger partial charge on any atom is -0.461 e. The van der Waals surface area contributed by atoms with E-state index in [0.717, 1.165) is 10.5 Å². The highest BCUT2D eigenvalue weighted by molar-refractivity contribution is 6.08. The van der Waals surface area contributed by atoms with Gasteiger partial charge in [-0.25, -0.2) is 4.79 Å². The summed E-state index contributed by atoms with van der Waals surface area (Å²) in [5, 5.41) is 6.46. The molecule has 1 aromatic carbocycles. The lowest BCUT2D eigenvalue weighted by molar-refractivity contribution is -0.149. The highest BCUT2D eigenvalue weighted by Gasteiger charge is 2.49.